The topological polar surface area (TPSA) is 38.1 Å². The van der Waals surface area contributed by atoms with E-state index in [1.807, 2.05) is 24.5 Å². The lowest BCUT2D eigenvalue weighted by Crippen LogP contribution is -2.00. The molecule has 0 saturated heterocycles. The molecule has 106 valence electrons. The first-order valence-corrected chi connectivity index (χ1v) is 7.59. The van der Waals surface area contributed by atoms with Crippen molar-refractivity contribution in [3.63, 3.8) is 0 Å². The van der Waals surface area contributed by atoms with Crippen molar-refractivity contribution >= 4 is 10.9 Å². The van der Waals surface area contributed by atoms with Gasteiger partial charge in [0.05, 0.1) is 5.52 Å². The lowest BCUT2D eigenvalue weighted by Gasteiger charge is -2.08. The third-order valence-corrected chi connectivity index (χ3v) is 4.42. The molecule has 0 amide bonds. The van der Waals surface area contributed by atoms with Crippen LogP contribution in [0.5, 0.6) is 5.75 Å². The molecule has 2 aromatic heterocycles. The van der Waals surface area contributed by atoms with Gasteiger partial charge in [-0.3, -0.25) is 4.98 Å². The van der Waals surface area contributed by atoms with Crippen LogP contribution in [0.4, 0.5) is 0 Å². The van der Waals surface area contributed by atoms with E-state index in [0.29, 0.717) is 5.75 Å². The van der Waals surface area contributed by atoms with Crippen LogP contribution in [0.3, 0.4) is 0 Å². The zero-order chi connectivity index (χ0) is 14.2. The van der Waals surface area contributed by atoms with E-state index in [4.69, 9.17) is 0 Å². The van der Waals surface area contributed by atoms with Gasteiger partial charge in [0.2, 0.25) is 0 Å². The number of aryl methyl sites for hydroxylation is 1. The molecule has 1 N–H and O–H groups in total. The molecule has 1 aliphatic heterocycles. The van der Waals surface area contributed by atoms with Gasteiger partial charge in [0.15, 0.2) is 0 Å². The van der Waals surface area contributed by atoms with Crippen LogP contribution in [0.1, 0.15) is 25.0 Å². The van der Waals surface area contributed by atoms with Gasteiger partial charge >= 0.3 is 0 Å². The molecule has 4 rings (SSSR count). The van der Waals surface area contributed by atoms with Crippen molar-refractivity contribution in [2.24, 2.45) is 0 Å². The SMILES string of the molecule is Oc1ccc2c(-c3ccncc3)c3n(c2c1)CCCCC3. The Morgan fingerprint density at radius 2 is 1.86 bits per heavy atom. The van der Waals surface area contributed by atoms with Gasteiger partial charge in [-0.25, -0.2) is 0 Å². The van der Waals surface area contributed by atoms with Gasteiger partial charge in [0, 0.05) is 41.6 Å². The Bertz CT molecular complexity index is 790. The fourth-order valence-electron chi connectivity index (χ4n) is 3.49. The Kier molecular flexibility index (Phi) is 2.92. The Balaban J connectivity index is 2.07. The lowest BCUT2D eigenvalue weighted by atomic mass is 10.0. The summed E-state index contributed by atoms with van der Waals surface area (Å²) < 4.78 is 2.40. The minimum Gasteiger partial charge on any atom is -0.508 e. The summed E-state index contributed by atoms with van der Waals surface area (Å²) in [5.74, 6) is 0.341. The van der Waals surface area contributed by atoms with Crippen molar-refractivity contribution < 1.29 is 5.11 Å². The summed E-state index contributed by atoms with van der Waals surface area (Å²) in [6.45, 7) is 1.04. The van der Waals surface area contributed by atoms with E-state index >= 15 is 0 Å². The van der Waals surface area contributed by atoms with Gasteiger partial charge in [-0.15, -0.1) is 0 Å². The van der Waals surface area contributed by atoms with Crippen LogP contribution in [0.15, 0.2) is 42.7 Å². The van der Waals surface area contributed by atoms with E-state index in [1.54, 1.807) is 6.07 Å². The molecule has 0 unspecified atom stereocenters. The number of pyridine rings is 1. The molecule has 3 heterocycles. The molecule has 0 spiro atoms. The summed E-state index contributed by atoms with van der Waals surface area (Å²) in [4.78, 5) is 4.13. The van der Waals surface area contributed by atoms with Crippen LogP contribution >= 0.6 is 0 Å². The molecule has 0 atom stereocenters. The maximum atomic E-state index is 9.86. The Morgan fingerprint density at radius 3 is 2.71 bits per heavy atom. The first-order valence-electron chi connectivity index (χ1n) is 7.59. The van der Waals surface area contributed by atoms with E-state index in [1.165, 1.54) is 41.5 Å². The van der Waals surface area contributed by atoms with Gasteiger partial charge < -0.3 is 9.67 Å². The summed E-state index contributed by atoms with van der Waals surface area (Å²) in [6.07, 6.45) is 8.53. The second-order valence-electron chi connectivity index (χ2n) is 5.72. The zero-order valence-electron chi connectivity index (χ0n) is 11.9. The molecule has 3 heteroatoms. The molecule has 0 saturated carbocycles. The third kappa shape index (κ3) is 2.00. The average Bonchev–Trinajstić information content (AvgIpc) is 2.66. The minimum absolute atomic E-state index is 0.341. The molecular formula is C18H18N2O. The van der Waals surface area contributed by atoms with Crippen LogP contribution in [0, 0.1) is 0 Å². The Hall–Kier alpha value is -2.29. The number of aromatic hydroxyl groups is 1. The fraction of sp³-hybridized carbons (Fsp3) is 0.278. The third-order valence-electron chi connectivity index (χ3n) is 4.42. The minimum atomic E-state index is 0.341. The lowest BCUT2D eigenvalue weighted by molar-refractivity contribution is 0.475. The maximum Gasteiger partial charge on any atom is 0.117 e. The van der Waals surface area contributed by atoms with Gasteiger partial charge in [-0.05, 0) is 49.1 Å². The highest BCUT2D eigenvalue weighted by Crippen LogP contribution is 2.38. The molecule has 21 heavy (non-hydrogen) atoms. The van der Waals surface area contributed by atoms with E-state index in [-0.39, 0.29) is 0 Å². The van der Waals surface area contributed by atoms with Crippen molar-refractivity contribution in [2.45, 2.75) is 32.2 Å². The largest absolute Gasteiger partial charge is 0.508 e. The van der Waals surface area contributed by atoms with E-state index in [2.05, 4.69) is 21.7 Å². The number of benzene rings is 1. The molecule has 0 radical (unpaired) electrons. The monoisotopic (exact) mass is 278 g/mol. The van der Waals surface area contributed by atoms with Crippen LogP contribution in [0.25, 0.3) is 22.0 Å². The normalized spacial score (nSPS) is 14.9. The van der Waals surface area contributed by atoms with Crippen molar-refractivity contribution in [3.8, 4) is 16.9 Å². The summed E-state index contributed by atoms with van der Waals surface area (Å²) in [6, 6.07) is 9.88. The van der Waals surface area contributed by atoms with Crippen molar-refractivity contribution in [1.29, 1.82) is 0 Å². The summed E-state index contributed by atoms with van der Waals surface area (Å²) >= 11 is 0. The number of nitrogens with zero attached hydrogens (tertiary/aromatic N) is 2. The smallest absolute Gasteiger partial charge is 0.117 e. The number of phenolic OH excluding ortho intramolecular Hbond substituents is 1. The quantitative estimate of drug-likeness (QED) is 0.726. The van der Waals surface area contributed by atoms with Crippen LogP contribution < -0.4 is 0 Å². The highest BCUT2D eigenvalue weighted by atomic mass is 16.3. The van der Waals surface area contributed by atoms with Gasteiger partial charge in [0.25, 0.3) is 0 Å². The van der Waals surface area contributed by atoms with Gasteiger partial charge in [-0.1, -0.05) is 6.42 Å². The summed E-state index contributed by atoms with van der Waals surface area (Å²) in [5.41, 5.74) is 5.09. The highest BCUT2D eigenvalue weighted by molar-refractivity contribution is 5.98. The first-order chi connectivity index (χ1) is 10.3. The molecule has 3 aromatic rings. The zero-order valence-corrected chi connectivity index (χ0v) is 11.9. The highest BCUT2D eigenvalue weighted by Gasteiger charge is 2.20. The van der Waals surface area contributed by atoms with Crippen molar-refractivity contribution in [3.05, 3.63) is 48.4 Å². The number of rotatable bonds is 1. The predicted octanol–water partition coefficient (Wildman–Crippen LogP) is 4.14. The van der Waals surface area contributed by atoms with Crippen LogP contribution in [-0.4, -0.2) is 14.7 Å². The van der Waals surface area contributed by atoms with Crippen LogP contribution in [0.2, 0.25) is 0 Å². The second-order valence-corrected chi connectivity index (χ2v) is 5.72. The van der Waals surface area contributed by atoms with E-state index < -0.39 is 0 Å². The molecule has 0 bridgehead atoms. The Labute approximate surface area is 123 Å². The fourth-order valence-corrected chi connectivity index (χ4v) is 3.49. The van der Waals surface area contributed by atoms with Crippen LogP contribution in [-0.2, 0) is 13.0 Å². The summed E-state index contributed by atoms with van der Waals surface area (Å²) in [5, 5.41) is 11.1. The second kappa shape index (κ2) is 4.92. The number of hydrogen-bond acceptors (Lipinski definition) is 2. The molecular weight excluding hydrogens is 260 g/mol. The average molecular weight is 278 g/mol. The summed E-state index contributed by atoms with van der Waals surface area (Å²) in [7, 11) is 0. The number of phenols is 1. The number of fused-ring (bicyclic) bond motifs is 3. The van der Waals surface area contributed by atoms with Gasteiger partial charge in [-0.2, -0.15) is 0 Å². The van der Waals surface area contributed by atoms with Gasteiger partial charge in [0.1, 0.15) is 5.75 Å². The molecule has 3 nitrogen and oxygen atoms in total. The predicted molar refractivity (Wildman–Crippen MR) is 84.4 cm³/mol. The standard InChI is InChI=1S/C18H18N2O/c21-14-5-6-15-17(12-14)20-11-3-1-2-4-16(20)18(15)13-7-9-19-10-8-13/h5-10,12,21H,1-4,11H2. The first kappa shape index (κ1) is 12.5. The maximum absolute atomic E-state index is 9.86. The Morgan fingerprint density at radius 1 is 1.00 bits per heavy atom. The number of hydrogen-bond donors (Lipinski definition) is 1. The molecule has 0 aliphatic carbocycles. The van der Waals surface area contributed by atoms with E-state index in [0.717, 1.165) is 18.5 Å². The van der Waals surface area contributed by atoms with E-state index in [9.17, 15) is 5.11 Å². The van der Waals surface area contributed by atoms with Crippen molar-refractivity contribution in [1.82, 2.24) is 9.55 Å². The molecule has 0 fully saturated rings. The number of aromatic nitrogens is 2. The molecule has 1 aliphatic rings. The molecule has 1 aromatic carbocycles. The van der Waals surface area contributed by atoms with Crippen molar-refractivity contribution in [2.75, 3.05) is 0 Å².